The zero-order valence-electron chi connectivity index (χ0n) is 46.1. The second-order valence-electron chi connectivity index (χ2n) is 17.3. The maximum Gasteiger partial charge on any atom is 0.326 e. The van der Waals surface area contributed by atoms with Crippen LogP contribution in [0.4, 0.5) is 17.5 Å². The van der Waals surface area contributed by atoms with E-state index in [9.17, 15) is 29.1 Å². The standard InChI is InChI=1S/C52H78N12O17/c1-38(2)63-64-44-9-5-40(35-57-44)48(66)55-12-14-72-16-18-74-20-22-76-24-26-78-28-30-80-32-34-81-33-31-79-29-27-77-25-23-75-21-19-73-17-15-71-13-11-54-45(65)10-8-43(51(69)70)60-49(67)39-3-6-41(7-4-39)56-36-42-37-58-47-46(59-42)50(68)62-52(53)61-47/h3-7,9,35,37,43,56H,8,10-34,36H2,1-2H3,(H,54,65)(H,55,66)(H,57,64)(H,60,67)(H,69,70)(H3,53,58,61,62,68)/t43-/m0/s1. The Morgan fingerprint density at radius 3 is 1.52 bits per heavy atom. The lowest BCUT2D eigenvalue weighted by Gasteiger charge is -2.15. The summed E-state index contributed by atoms with van der Waals surface area (Å²) in [6.45, 7) is 13.5. The quantitative estimate of drug-likeness (QED) is 0.0172. The first kappa shape index (κ1) is 66.6. The van der Waals surface area contributed by atoms with Gasteiger partial charge in [0, 0.05) is 42.7 Å². The molecule has 9 N–H and O–H groups in total. The Bertz CT molecular complexity index is 2490. The smallest absolute Gasteiger partial charge is 0.326 e. The van der Waals surface area contributed by atoms with Crippen LogP contribution in [0.1, 0.15) is 53.1 Å². The molecule has 29 heteroatoms. The number of aromatic nitrogens is 5. The largest absolute Gasteiger partial charge is 0.480 e. The summed E-state index contributed by atoms with van der Waals surface area (Å²) in [7, 11) is 0. The highest BCUT2D eigenvalue weighted by Gasteiger charge is 2.22. The summed E-state index contributed by atoms with van der Waals surface area (Å²) in [5, 5.41) is 24.8. The van der Waals surface area contributed by atoms with Gasteiger partial charge >= 0.3 is 5.97 Å². The molecular formula is C52H78N12O17. The SMILES string of the molecule is CC(C)=NNc1ccc(C(=O)NCCOCCOCCOCCOCCOCCOCCOCCOCCOCCOCCOCCNC(=O)CC[C@H](NC(=O)c2ccc(NCc3cnc4nc(N)[nH]c(=O)c4n3)cc2)C(=O)O)cn1. The number of ether oxygens (including phenoxy) is 11. The van der Waals surface area contributed by atoms with Gasteiger partial charge < -0.3 is 84.2 Å². The first-order valence-electron chi connectivity index (χ1n) is 26.5. The van der Waals surface area contributed by atoms with E-state index in [4.69, 9.17) is 57.8 Å². The fourth-order valence-corrected chi connectivity index (χ4v) is 6.52. The number of fused-ring (bicyclic) bond motifs is 1. The van der Waals surface area contributed by atoms with Crippen LogP contribution in [0.25, 0.3) is 11.2 Å². The maximum absolute atomic E-state index is 12.8. The van der Waals surface area contributed by atoms with Crippen LogP contribution < -0.4 is 38.0 Å². The molecule has 0 bridgehead atoms. The van der Waals surface area contributed by atoms with Gasteiger partial charge in [0.2, 0.25) is 11.9 Å². The molecule has 448 valence electrons. The van der Waals surface area contributed by atoms with Crippen molar-refractivity contribution in [3.8, 4) is 0 Å². The first-order chi connectivity index (χ1) is 39.5. The molecule has 1 atom stereocenters. The summed E-state index contributed by atoms with van der Waals surface area (Å²) in [4.78, 5) is 80.2. The molecular weight excluding hydrogens is 1060 g/mol. The lowest BCUT2D eigenvalue weighted by Crippen LogP contribution is -2.41. The monoisotopic (exact) mass is 1140 g/mol. The summed E-state index contributed by atoms with van der Waals surface area (Å²) in [6.07, 6.45) is 2.70. The third-order valence-electron chi connectivity index (χ3n) is 10.6. The van der Waals surface area contributed by atoms with E-state index in [1.165, 1.54) is 24.5 Å². The number of rotatable bonds is 48. The molecule has 0 spiro atoms. The molecule has 0 fully saturated rings. The molecule has 0 saturated heterocycles. The van der Waals surface area contributed by atoms with Gasteiger partial charge in [-0.2, -0.15) is 10.1 Å². The number of nitrogens with one attached hydrogen (secondary N) is 6. The summed E-state index contributed by atoms with van der Waals surface area (Å²) in [6, 6.07) is 8.37. The number of carbonyl (C=O) groups is 4. The molecule has 0 saturated carbocycles. The van der Waals surface area contributed by atoms with Gasteiger partial charge in [-0.1, -0.05) is 0 Å². The van der Waals surface area contributed by atoms with Crippen molar-refractivity contribution in [2.24, 2.45) is 5.10 Å². The van der Waals surface area contributed by atoms with E-state index in [1.54, 1.807) is 24.3 Å². The Hall–Kier alpha value is -6.90. The molecule has 0 radical (unpaired) electrons. The van der Waals surface area contributed by atoms with Crippen molar-refractivity contribution in [1.29, 1.82) is 0 Å². The Morgan fingerprint density at radius 2 is 1.06 bits per heavy atom. The number of nitrogens with zero attached hydrogens (tertiary/aromatic N) is 5. The molecule has 81 heavy (non-hydrogen) atoms. The number of carboxylic acids is 1. The van der Waals surface area contributed by atoms with Gasteiger partial charge in [0.05, 0.1) is 169 Å². The lowest BCUT2D eigenvalue weighted by molar-refractivity contribution is -0.139. The van der Waals surface area contributed by atoms with Crippen LogP contribution in [0.3, 0.4) is 0 Å². The number of hydrazone groups is 1. The van der Waals surface area contributed by atoms with E-state index < -0.39 is 23.5 Å². The number of aromatic amines is 1. The van der Waals surface area contributed by atoms with Crippen LogP contribution in [0.5, 0.6) is 0 Å². The number of H-pyrrole nitrogens is 1. The molecule has 1 aromatic carbocycles. The fourth-order valence-electron chi connectivity index (χ4n) is 6.52. The molecule has 3 aromatic heterocycles. The first-order valence-corrected chi connectivity index (χ1v) is 26.5. The van der Waals surface area contributed by atoms with Gasteiger partial charge in [-0.25, -0.2) is 19.7 Å². The minimum Gasteiger partial charge on any atom is -0.480 e. The number of aliphatic carboxylic acids is 1. The number of hydrogen-bond donors (Lipinski definition) is 8. The van der Waals surface area contributed by atoms with Crippen molar-refractivity contribution >= 4 is 58.0 Å². The van der Waals surface area contributed by atoms with Crippen molar-refractivity contribution in [2.45, 2.75) is 39.3 Å². The summed E-state index contributed by atoms with van der Waals surface area (Å²) < 4.78 is 60.5. The number of carbonyl (C=O) groups excluding carboxylic acids is 3. The molecule has 4 rings (SSSR count). The van der Waals surface area contributed by atoms with Gasteiger partial charge in [0.25, 0.3) is 17.4 Å². The van der Waals surface area contributed by atoms with Crippen molar-refractivity contribution in [3.05, 3.63) is 76.0 Å². The maximum atomic E-state index is 12.8. The minimum atomic E-state index is -1.29. The highest BCUT2D eigenvalue weighted by molar-refractivity contribution is 5.97. The van der Waals surface area contributed by atoms with Gasteiger partial charge in [-0.05, 0) is 56.7 Å². The number of nitrogen functional groups attached to an aromatic ring is 1. The molecule has 0 aliphatic rings. The van der Waals surface area contributed by atoms with E-state index in [0.717, 1.165) is 5.71 Å². The van der Waals surface area contributed by atoms with E-state index in [1.807, 2.05) is 13.8 Å². The van der Waals surface area contributed by atoms with Crippen LogP contribution in [0.2, 0.25) is 0 Å². The molecule has 0 aliphatic heterocycles. The molecule has 3 amide bonds. The average Bonchev–Trinajstić information content (AvgIpc) is 3.52. The Balaban J connectivity index is 0.810. The third-order valence-corrected chi connectivity index (χ3v) is 10.6. The fraction of sp³-hybridized carbons (Fsp3) is 0.577. The van der Waals surface area contributed by atoms with Crippen LogP contribution in [0, 0.1) is 0 Å². The van der Waals surface area contributed by atoms with Crippen molar-refractivity contribution in [2.75, 3.05) is 175 Å². The summed E-state index contributed by atoms with van der Waals surface area (Å²) in [5.41, 5.74) is 10.6. The number of amides is 3. The van der Waals surface area contributed by atoms with E-state index >= 15 is 0 Å². The lowest BCUT2D eigenvalue weighted by atomic mass is 10.1. The van der Waals surface area contributed by atoms with Crippen molar-refractivity contribution in [3.63, 3.8) is 0 Å². The zero-order chi connectivity index (χ0) is 58.0. The average molecular weight is 1140 g/mol. The second-order valence-corrected chi connectivity index (χ2v) is 17.3. The number of hydrogen-bond acceptors (Lipinski definition) is 24. The number of carboxylic acid groups (broad SMARTS) is 1. The summed E-state index contributed by atoms with van der Waals surface area (Å²) in [5.74, 6) is -2.00. The van der Waals surface area contributed by atoms with Crippen molar-refractivity contribution < 1.29 is 76.4 Å². The van der Waals surface area contributed by atoms with Crippen LogP contribution >= 0.6 is 0 Å². The van der Waals surface area contributed by atoms with E-state index in [-0.39, 0.29) is 67.0 Å². The normalized spacial score (nSPS) is 11.5. The molecule has 3 heterocycles. The molecule has 0 aliphatic carbocycles. The highest BCUT2D eigenvalue weighted by atomic mass is 16.6. The second kappa shape index (κ2) is 42.0. The Labute approximate surface area is 469 Å². The van der Waals surface area contributed by atoms with Crippen molar-refractivity contribution in [1.82, 2.24) is 40.9 Å². The highest BCUT2D eigenvalue weighted by Crippen LogP contribution is 2.13. The predicted octanol–water partition coefficient (Wildman–Crippen LogP) is 0.802. The number of pyridine rings is 1. The predicted molar refractivity (Wildman–Crippen MR) is 295 cm³/mol. The van der Waals surface area contributed by atoms with Crippen LogP contribution in [0.15, 0.2) is 58.7 Å². The minimum absolute atomic E-state index is 0.0489. The number of benzene rings is 1. The van der Waals surface area contributed by atoms with Gasteiger partial charge in [0.1, 0.15) is 11.9 Å². The number of nitrogens with two attached hydrogens (primary N) is 1. The number of anilines is 3. The van der Waals surface area contributed by atoms with Crippen LogP contribution in [-0.4, -0.2) is 224 Å². The molecule has 29 nitrogen and oxygen atoms in total. The Morgan fingerprint density at radius 1 is 0.593 bits per heavy atom. The zero-order valence-corrected chi connectivity index (χ0v) is 46.1. The van der Waals surface area contributed by atoms with E-state index in [0.29, 0.717) is 168 Å². The van der Waals surface area contributed by atoms with Gasteiger partial charge in [-0.15, -0.1) is 0 Å². The molecule has 4 aromatic rings. The topological polar surface area (TPSA) is 373 Å². The van der Waals surface area contributed by atoms with Gasteiger partial charge in [0.15, 0.2) is 11.2 Å². The summed E-state index contributed by atoms with van der Waals surface area (Å²) >= 11 is 0. The molecule has 0 unspecified atom stereocenters. The third kappa shape index (κ3) is 31.0. The van der Waals surface area contributed by atoms with Crippen LogP contribution in [-0.2, 0) is 68.2 Å². The van der Waals surface area contributed by atoms with E-state index in [2.05, 4.69) is 56.7 Å². The van der Waals surface area contributed by atoms with Gasteiger partial charge in [-0.3, -0.25) is 29.6 Å². The Kier molecular flexibility index (Phi) is 34.6.